The predicted octanol–water partition coefficient (Wildman–Crippen LogP) is 5.88. The van der Waals surface area contributed by atoms with Gasteiger partial charge in [0.1, 0.15) is 17.4 Å². The van der Waals surface area contributed by atoms with Gasteiger partial charge in [0.25, 0.3) is 5.91 Å². The minimum Gasteiger partial charge on any atom is -0.462 e. The highest BCUT2D eigenvalue weighted by Gasteiger charge is 2.15. The van der Waals surface area contributed by atoms with Crippen LogP contribution in [-0.2, 0) is 10.5 Å². The molecule has 1 aromatic carbocycles. The zero-order valence-electron chi connectivity index (χ0n) is 15.7. The first-order valence-corrected chi connectivity index (χ1v) is 11.1. The molecule has 1 N–H and O–H groups in total. The van der Waals surface area contributed by atoms with Crippen LogP contribution in [0.25, 0.3) is 16.8 Å². The molecule has 0 spiro atoms. The van der Waals surface area contributed by atoms with Crippen LogP contribution in [0.5, 0.6) is 0 Å². The molecule has 4 aromatic rings. The topological polar surface area (TPSA) is 105 Å². The van der Waals surface area contributed by atoms with Crippen molar-refractivity contribution in [3.8, 4) is 16.8 Å². The van der Waals surface area contributed by atoms with E-state index in [9.17, 15) is 10.1 Å². The van der Waals surface area contributed by atoms with E-state index in [1.165, 1.54) is 24.1 Å². The lowest BCUT2D eigenvalue weighted by molar-refractivity contribution is -0.112. The second-order valence-electron chi connectivity index (χ2n) is 6.09. The van der Waals surface area contributed by atoms with Crippen LogP contribution in [0.15, 0.2) is 74.3 Å². The van der Waals surface area contributed by atoms with Gasteiger partial charge in [-0.2, -0.15) is 5.26 Å². The van der Waals surface area contributed by atoms with Gasteiger partial charge >= 0.3 is 0 Å². The zero-order valence-corrected chi connectivity index (χ0v) is 18.1. The number of amides is 1. The maximum absolute atomic E-state index is 12.4. The number of benzene rings is 1. The van der Waals surface area contributed by atoms with Crippen LogP contribution in [0.2, 0.25) is 5.02 Å². The Morgan fingerprint density at radius 1 is 1.23 bits per heavy atom. The van der Waals surface area contributed by atoms with Gasteiger partial charge in [-0.05, 0) is 42.0 Å². The number of hydrogen-bond acceptors (Lipinski definition) is 8. The van der Waals surface area contributed by atoms with Gasteiger partial charge in [0.2, 0.25) is 5.13 Å². The average Bonchev–Trinajstić information content (AvgIpc) is 3.53. The fraction of sp³-hybridized carbons (Fsp3) is 0.0476. The SMILES string of the molecule is N#C/C(=C/c1ccc(SCc2ccc(Cl)cc2)o1)C(=O)Nc1nnc(-c2ccco2)s1. The van der Waals surface area contributed by atoms with Crippen molar-refractivity contribution in [3.05, 3.63) is 76.7 Å². The van der Waals surface area contributed by atoms with Gasteiger partial charge in [-0.25, -0.2) is 0 Å². The van der Waals surface area contributed by atoms with Crippen molar-refractivity contribution in [2.45, 2.75) is 10.8 Å². The molecule has 0 aliphatic carbocycles. The Bertz CT molecular complexity index is 1250. The standard InChI is InChI=1S/C21H13ClN4O3S2/c22-15-5-3-13(4-6-15)12-30-18-8-7-16(29-18)10-14(11-23)19(27)24-21-26-25-20(31-21)17-2-1-9-28-17/h1-10H,12H2,(H,24,26,27)/b14-10-. The smallest absolute Gasteiger partial charge is 0.268 e. The molecule has 4 rings (SSSR count). The summed E-state index contributed by atoms with van der Waals surface area (Å²) in [6.45, 7) is 0. The van der Waals surface area contributed by atoms with Crippen molar-refractivity contribution >= 4 is 51.8 Å². The summed E-state index contributed by atoms with van der Waals surface area (Å²) < 4.78 is 11.0. The minimum atomic E-state index is -0.601. The summed E-state index contributed by atoms with van der Waals surface area (Å²) >= 11 is 8.54. The number of thioether (sulfide) groups is 1. The minimum absolute atomic E-state index is 0.113. The lowest BCUT2D eigenvalue weighted by atomic mass is 10.2. The highest BCUT2D eigenvalue weighted by atomic mass is 35.5. The molecule has 0 saturated heterocycles. The quantitative estimate of drug-likeness (QED) is 0.205. The van der Waals surface area contributed by atoms with E-state index in [1.54, 1.807) is 24.3 Å². The summed E-state index contributed by atoms with van der Waals surface area (Å²) in [6.07, 6.45) is 2.91. The summed E-state index contributed by atoms with van der Waals surface area (Å²) in [5, 5.41) is 22.0. The zero-order chi connectivity index (χ0) is 21.6. The van der Waals surface area contributed by atoms with Crippen LogP contribution in [-0.4, -0.2) is 16.1 Å². The van der Waals surface area contributed by atoms with Crippen LogP contribution in [0.1, 0.15) is 11.3 Å². The summed E-state index contributed by atoms with van der Waals surface area (Å²) in [4.78, 5) is 12.4. The van der Waals surface area contributed by atoms with Crippen LogP contribution in [0, 0.1) is 11.3 Å². The first-order chi connectivity index (χ1) is 15.1. The lowest BCUT2D eigenvalue weighted by Gasteiger charge is -2.00. The number of rotatable bonds is 7. The number of furan rings is 2. The van der Waals surface area contributed by atoms with Gasteiger partial charge in [-0.15, -0.1) is 10.2 Å². The highest BCUT2D eigenvalue weighted by molar-refractivity contribution is 7.98. The third-order valence-electron chi connectivity index (χ3n) is 3.93. The number of halogens is 1. The molecule has 0 bridgehead atoms. The molecule has 10 heteroatoms. The van der Waals surface area contributed by atoms with Crippen molar-refractivity contribution < 1.29 is 13.6 Å². The van der Waals surface area contributed by atoms with E-state index in [0.29, 0.717) is 32.4 Å². The van der Waals surface area contributed by atoms with E-state index in [-0.39, 0.29) is 10.7 Å². The molecule has 0 saturated carbocycles. The van der Waals surface area contributed by atoms with E-state index < -0.39 is 5.91 Å². The number of aromatic nitrogens is 2. The van der Waals surface area contributed by atoms with E-state index in [0.717, 1.165) is 16.9 Å². The molecule has 0 radical (unpaired) electrons. The fourth-order valence-corrected chi connectivity index (χ4v) is 4.11. The maximum atomic E-state index is 12.4. The summed E-state index contributed by atoms with van der Waals surface area (Å²) in [5.74, 6) is 1.05. The van der Waals surface area contributed by atoms with E-state index >= 15 is 0 Å². The molecule has 0 aliphatic heterocycles. The molecule has 0 atom stereocenters. The molecule has 1 amide bonds. The molecule has 31 heavy (non-hydrogen) atoms. The molecular formula is C21H13ClN4O3S2. The van der Waals surface area contributed by atoms with Crippen LogP contribution in [0.3, 0.4) is 0 Å². The highest BCUT2D eigenvalue weighted by Crippen LogP contribution is 2.28. The third kappa shape index (κ3) is 5.44. The largest absolute Gasteiger partial charge is 0.462 e. The Hall–Kier alpha value is -3.32. The number of anilines is 1. The number of nitriles is 1. The van der Waals surface area contributed by atoms with E-state index in [2.05, 4.69) is 15.5 Å². The van der Waals surface area contributed by atoms with Crippen molar-refractivity contribution in [3.63, 3.8) is 0 Å². The third-order valence-corrected chi connectivity index (χ3v) is 6.01. The fourth-order valence-electron chi connectivity index (χ4n) is 2.45. The number of carbonyl (C=O) groups is 1. The molecule has 7 nitrogen and oxygen atoms in total. The van der Waals surface area contributed by atoms with Gasteiger partial charge in [0, 0.05) is 16.9 Å². The van der Waals surface area contributed by atoms with E-state index in [1.807, 2.05) is 30.3 Å². The number of carbonyl (C=O) groups excluding carboxylic acids is 1. The maximum Gasteiger partial charge on any atom is 0.268 e. The monoisotopic (exact) mass is 468 g/mol. The van der Waals surface area contributed by atoms with Gasteiger partial charge in [0.05, 0.1) is 6.26 Å². The lowest BCUT2D eigenvalue weighted by Crippen LogP contribution is -2.13. The molecular weight excluding hydrogens is 456 g/mol. The first kappa shape index (κ1) is 20.9. The Kier molecular flexibility index (Phi) is 6.52. The Morgan fingerprint density at radius 2 is 2.06 bits per heavy atom. The summed E-state index contributed by atoms with van der Waals surface area (Å²) in [5.41, 5.74) is 0.990. The number of nitrogens with zero attached hydrogens (tertiary/aromatic N) is 3. The Morgan fingerprint density at radius 3 is 2.81 bits per heavy atom. The van der Waals surface area contributed by atoms with Gasteiger partial charge in [-0.1, -0.05) is 46.8 Å². The Balaban J connectivity index is 1.39. The van der Waals surface area contributed by atoms with Gasteiger partial charge in [-0.3, -0.25) is 10.1 Å². The average molecular weight is 469 g/mol. The Labute approximate surface area is 190 Å². The number of hydrogen-bond donors (Lipinski definition) is 1. The molecule has 0 aliphatic rings. The summed E-state index contributed by atoms with van der Waals surface area (Å²) in [6, 6.07) is 16.4. The molecule has 3 heterocycles. The molecule has 3 aromatic heterocycles. The van der Waals surface area contributed by atoms with Crippen LogP contribution >= 0.6 is 34.7 Å². The molecule has 0 unspecified atom stereocenters. The van der Waals surface area contributed by atoms with Crippen molar-refractivity contribution in [1.29, 1.82) is 5.26 Å². The second kappa shape index (κ2) is 9.66. The second-order valence-corrected chi connectivity index (χ2v) is 8.48. The van der Waals surface area contributed by atoms with Crippen molar-refractivity contribution in [2.75, 3.05) is 5.32 Å². The van der Waals surface area contributed by atoms with Crippen LogP contribution in [0.4, 0.5) is 5.13 Å². The predicted molar refractivity (Wildman–Crippen MR) is 120 cm³/mol. The van der Waals surface area contributed by atoms with Crippen molar-refractivity contribution in [1.82, 2.24) is 10.2 Å². The summed E-state index contributed by atoms with van der Waals surface area (Å²) in [7, 11) is 0. The van der Waals surface area contributed by atoms with Crippen molar-refractivity contribution in [2.24, 2.45) is 0 Å². The normalized spacial score (nSPS) is 11.3. The van der Waals surface area contributed by atoms with Gasteiger partial charge in [0.15, 0.2) is 15.9 Å². The van der Waals surface area contributed by atoms with Crippen LogP contribution < -0.4 is 5.32 Å². The number of nitrogens with one attached hydrogen (secondary N) is 1. The van der Waals surface area contributed by atoms with E-state index in [4.69, 9.17) is 20.4 Å². The van der Waals surface area contributed by atoms with Gasteiger partial charge < -0.3 is 8.83 Å². The first-order valence-electron chi connectivity index (χ1n) is 8.88. The molecule has 154 valence electrons. The molecule has 0 fully saturated rings.